The van der Waals surface area contributed by atoms with E-state index in [0.29, 0.717) is 18.4 Å². The molecule has 1 fully saturated rings. The average molecular weight is 532 g/mol. The molecule has 0 saturated heterocycles. The van der Waals surface area contributed by atoms with Crippen molar-refractivity contribution < 1.29 is 31.1 Å². The SMILES string of the molecule is CCS(=O)(=O)c1ccc(CC(=O)Nc2ccc(OC3(c4ccc(F)cc4F)CCCCC3)c(F)c2)cc1. The van der Waals surface area contributed by atoms with E-state index >= 15 is 4.39 Å². The summed E-state index contributed by atoms with van der Waals surface area (Å²) in [4.78, 5) is 12.7. The summed E-state index contributed by atoms with van der Waals surface area (Å²) in [7, 11) is -3.33. The molecule has 3 aromatic rings. The van der Waals surface area contributed by atoms with Crippen molar-refractivity contribution in [3.63, 3.8) is 0 Å². The second-order valence-electron chi connectivity index (χ2n) is 9.20. The minimum atomic E-state index is -3.33. The summed E-state index contributed by atoms with van der Waals surface area (Å²) in [5, 5.41) is 2.62. The number of hydrogen-bond acceptors (Lipinski definition) is 4. The maximum Gasteiger partial charge on any atom is 0.228 e. The van der Waals surface area contributed by atoms with Crippen molar-refractivity contribution in [2.45, 2.75) is 55.9 Å². The van der Waals surface area contributed by atoms with Gasteiger partial charge in [-0.15, -0.1) is 0 Å². The molecular weight excluding hydrogens is 503 g/mol. The van der Waals surface area contributed by atoms with Crippen LogP contribution in [0.5, 0.6) is 5.75 Å². The van der Waals surface area contributed by atoms with Gasteiger partial charge in [0.15, 0.2) is 21.4 Å². The van der Waals surface area contributed by atoms with E-state index in [2.05, 4.69) is 5.32 Å². The smallest absolute Gasteiger partial charge is 0.228 e. The molecule has 1 saturated carbocycles. The van der Waals surface area contributed by atoms with E-state index in [1.807, 2.05) is 0 Å². The number of ether oxygens (including phenoxy) is 1. The highest BCUT2D eigenvalue weighted by Crippen LogP contribution is 2.43. The first-order valence-electron chi connectivity index (χ1n) is 12.2. The molecule has 3 aromatic carbocycles. The molecule has 0 bridgehead atoms. The second kappa shape index (κ2) is 11.0. The third-order valence-electron chi connectivity index (χ3n) is 6.63. The number of carbonyl (C=O) groups excluding carboxylic acids is 1. The van der Waals surface area contributed by atoms with E-state index in [9.17, 15) is 22.0 Å². The van der Waals surface area contributed by atoms with E-state index in [0.717, 1.165) is 31.4 Å². The van der Waals surface area contributed by atoms with E-state index in [1.54, 1.807) is 19.1 Å². The van der Waals surface area contributed by atoms with Crippen molar-refractivity contribution in [2.75, 3.05) is 11.1 Å². The van der Waals surface area contributed by atoms with E-state index < -0.39 is 38.8 Å². The van der Waals surface area contributed by atoms with Gasteiger partial charge in [0.25, 0.3) is 0 Å². The standard InChI is InChI=1S/C28H28F3NO4S/c1-2-37(34,35)22-10-6-19(7-11-22)16-27(33)32-21-9-13-26(25(31)18-21)36-28(14-4-3-5-15-28)23-12-8-20(29)17-24(23)30/h6-13,17-18H,2-5,14-16H2,1H3,(H,32,33). The number of carbonyl (C=O) groups is 1. The van der Waals surface area contributed by atoms with Crippen LogP contribution < -0.4 is 10.1 Å². The van der Waals surface area contributed by atoms with Crippen LogP contribution in [-0.2, 0) is 26.7 Å². The number of nitrogens with one attached hydrogen (secondary N) is 1. The van der Waals surface area contributed by atoms with Gasteiger partial charge in [-0.2, -0.15) is 0 Å². The van der Waals surface area contributed by atoms with E-state index in [1.165, 1.54) is 36.4 Å². The number of sulfone groups is 1. The first-order chi connectivity index (χ1) is 17.6. The van der Waals surface area contributed by atoms with Gasteiger partial charge in [0, 0.05) is 23.4 Å². The first-order valence-corrected chi connectivity index (χ1v) is 13.8. The van der Waals surface area contributed by atoms with Crippen molar-refractivity contribution in [3.8, 4) is 5.75 Å². The van der Waals surface area contributed by atoms with Gasteiger partial charge in [-0.1, -0.05) is 25.5 Å². The fourth-order valence-corrected chi connectivity index (χ4v) is 5.54. The van der Waals surface area contributed by atoms with Crippen LogP contribution in [0.25, 0.3) is 0 Å². The molecule has 4 rings (SSSR count). The summed E-state index contributed by atoms with van der Waals surface area (Å²) in [6.45, 7) is 1.56. The summed E-state index contributed by atoms with van der Waals surface area (Å²) in [6, 6.07) is 13.4. The highest BCUT2D eigenvalue weighted by atomic mass is 32.2. The van der Waals surface area contributed by atoms with Crippen LogP contribution in [0.15, 0.2) is 65.6 Å². The molecule has 0 aromatic heterocycles. The van der Waals surface area contributed by atoms with E-state index in [4.69, 9.17) is 4.74 Å². The molecule has 0 aliphatic heterocycles. The minimum absolute atomic E-state index is 0.0158. The molecule has 1 aliphatic carbocycles. The number of benzene rings is 3. The van der Waals surface area contributed by atoms with Crippen molar-refractivity contribution >= 4 is 21.4 Å². The lowest BCUT2D eigenvalue weighted by atomic mass is 9.79. The Balaban J connectivity index is 1.47. The van der Waals surface area contributed by atoms with Crippen molar-refractivity contribution in [2.24, 2.45) is 0 Å². The lowest BCUT2D eigenvalue weighted by Crippen LogP contribution is -2.36. The molecule has 5 nitrogen and oxygen atoms in total. The third kappa shape index (κ3) is 6.15. The van der Waals surface area contributed by atoms with Gasteiger partial charge in [0.2, 0.25) is 5.91 Å². The zero-order valence-electron chi connectivity index (χ0n) is 20.4. The van der Waals surface area contributed by atoms with Crippen LogP contribution in [0.1, 0.15) is 50.2 Å². The summed E-state index contributed by atoms with van der Waals surface area (Å²) in [5.74, 6) is -2.66. The maximum absolute atomic E-state index is 15.0. The number of hydrogen-bond donors (Lipinski definition) is 1. The van der Waals surface area contributed by atoms with Crippen molar-refractivity contribution in [1.29, 1.82) is 0 Å². The molecule has 37 heavy (non-hydrogen) atoms. The van der Waals surface area contributed by atoms with Gasteiger partial charge in [-0.3, -0.25) is 4.79 Å². The summed E-state index contributed by atoms with van der Waals surface area (Å²) >= 11 is 0. The summed E-state index contributed by atoms with van der Waals surface area (Å²) < 4.78 is 73.2. The van der Waals surface area contributed by atoms with Crippen molar-refractivity contribution in [1.82, 2.24) is 0 Å². The predicted molar refractivity (Wildman–Crippen MR) is 135 cm³/mol. The number of halogens is 3. The van der Waals surface area contributed by atoms with Crippen LogP contribution >= 0.6 is 0 Å². The van der Waals surface area contributed by atoms with Crippen LogP contribution in [-0.4, -0.2) is 20.1 Å². The van der Waals surface area contributed by atoms with Gasteiger partial charge in [-0.25, -0.2) is 21.6 Å². The largest absolute Gasteiger partial charge is 0.479 e. The monoisotopic (exact) mass is 531 g/mol. The molecule has 0 spiro atoms. The van der Waals surface area contributed by atoms with Gasteiger partial charge in [0.05, 0.1) is 17.1 Å². The fraction of sp³-hybridized carbons (Fsp3) is 0.321. The van der Waals surface area contributed by atoms with Gasteiger partial charge >= 0.3 is 0 Å². The molecule has 0 atom stereocenters. The molecule has 1 amide bonds. The van der Waals surface area contributed by atoms with E-state index in [-0.39, 0.29) is 34.1 Å². The molecule has 1 N–H and O–H groups in total. The number of amides is 1. The molecule has 0 radical (unpaired) electrons. The first kappa shape index (κ1) is 26.7. The molecular formula is C28H28F3NO4S. The Bertz CT molecular complexity index is 1390. The Morgan fingerprint density at radius 3 is 2.24 bits per heavy atom. The summed E-state index contributed by atoms with van der Waals surface area (Å²) in [5.41, 5.74) is -0.0960. The van der Waals surface area contributed by atoms with Gasteiger partial charge < -0.3 is 10.1 Å². The number of rotatable bonds is 8. The lowest BCUT2D eigenvalue weighted by molar-refractivity contribution is -0.115. The maximum atomic E-state index is 15.0. The average Bonchev–Trinajstić information content (AvgIpc) is 2.86. The predicted octanol–water partition coefficient (Wildman–Crippen LogP) is 6.32. The van der Waals surface area contributed by atoms with Gasteiger partial charge in [-0.05, 0) is 67.6 Å². The van der Waals surface area contributed by atoms with Crippen LogP contribution in [0.4, 0.5) is 18.9 Å². The highest BCUT2D eigenvalue weighted by molar-refractivity contribution is 7.91. The highest BCUT2D eigenvalue weighted by Gasteiger charge is 2.39. The van der Waals surface area contributed by atoms with Crippen LogP contribution in [0.3, 0.4) is 0 Å². The zero-order valence-corrected chi connectivity index (χ0v) is 21.2. The quantitative estimate of drug-likeness (QED) is 0.369. The molecule has 0 unspecified atom stereocenters. The Kier molecular flexibility index (Phi) is 7.92. The zero-order chi connectivity index (χ0) is 26.6. The molecule has 1 aliphatic rings. The van der Waals surface area contributed by atoms with Crippen LogP contribution in [0.2, 0.25) is 0 Å². The Hall–Kier alpha value is -3.33. The Morgan fingerprint density at radius 1 is 0.919 bits per heavy atom. The number of anilines is 1. The normalized spacial score (nSPS) is 15.2. The summed E-state index contributed by atoms with van der Waals surface area (Å²) in [6.07, 6.45) is 3.37. The molecule has 9 heteroatoms. The van der Waals surface area contributed by atoms with Crippen LogP contribution in [0, 0.1) is 17.5 Å². The molecule has 196 valence electrons. The topological polar surface area (TPSA) is 72.5 Å². The minimum Gasteiger partial charge on any atom is -0.479 e. The van der Waals surface area contributed by atoms with Crippen molar-refractivity contribution in [3.05, 3.63) is 89.2 Å². The lowest BCUT2D eigenvalue weighted by Gasteiger charge is -2.38. The fourth-order valence-electron chi connectivity index (χ4n) is 4.65. The third-order valence-corrected chi connectivity index (χ3v) is 8.38. The Morgan fingerprint density at radius 2 is 1.62 bits per heavy atom. The second-order valence-corrected chi connectivity index (χ2v) is 11.5. The van der Waals surface area contributed by atoms with Gasteiger partial charge in [0.1, 0.15) is 17.2 Å². The Labute approximate surface area is 214 Å². The molecule has 0 heterocycles.